The lowest BCUT2D eigenvalue weighted by molar-refractivity contribution is 0.601. The molecule has 2 rings (SSSR count). The normalized spacial score (nSPS) is 11.3. The minimum absolute atomic E-state index is 0.00957. The van der Waals surface area contributed by atoms with E-state index in [2.05, 4.69) is 14.7 Å². The summed E-state index contributed by atoms with van der Waals surface area (Å²) in [7, 11) is -3.82. The predicted octanol–water partition coefficient (Wildman–Crippen LogP) is 2.13. The zero-order chi connectivity index (χ0) is 14.9. The Bertz CT molecular complexity index is 762. The third-order valence-electron chi connectivity index (χ3n) is 2.78. The molecule has 2 aromatic rings. The van der Waals surface area contributed by atoms with Gasteiger partial charge in [0.2, 0.25) is 5.28 Å². The highest BCUT2D eigenvalue weighted by atomic mass is 35.5. The van der Waals surface area contributed by atoms with Gasteiger partial charge in [0.05, 0.1) is 5.69 Å². The second-order valence-corrected chi connectivity index (χ2v) is 6.28. The molecule has 0 radical (unpaired) electrons. The van der Waals surface area contributed by atoms with Gasteiger partial charge in [0.25, 0.3) is 10.0 Å². The van der Waals surface area contributed by atoms with Gasteiger partial charge in [0, 0.05) is 6.20 Å². The summed E-state index contributed by atoms with van der Waals surface area (Å²) in [5.41, 5.74) is 7.72. The van der Waals surface area contributed by atoms with E-state index in [0.717, 1.165) is 11.1 Å². The van der Waals surface area contributed by atoms with Crippen molar-refractivity contribution in [2.75, 3.05) is 10.5 Å². The van der Waals surface area contributed by atoms with Gasteiger partial charge in [0.1, 0.15) is 10.7 Å². The van der Waals surface area contributed by atoms with Crippen LogP contribution in [0.25, 0.3) is 0 Å². The summed E-state index contributed by atoms with van der Waals surface area (Å²) >= 11 is 5.62. The average Bonchev–Trinajstić information content (AvgIpc) is 2.33. The van der Waals surface area contributed by atoms with Crippen molar-refractivity contribution >= 4 is 33.1 Å². The van der Waals surface area contributed by atoms with Crippen molar-refractivity contribution in [3.8, 4) is 0 Å². The number of nitrogens with two attached hydrogens (primary N) is 1. The minimum atomic E-state index is -3.82. The van der Waals surface area contributed by atoms with E-state index in [9.17, 15) is 8.42 Å². The molecule has 6 nitrogen and oxygen atoms in total. The van der Waals surface area contributed by atoms with Gasteiger partial charge >= 0.3 is 0 Å². The Kier molecular flexibility index (Phi) is 3.82. The second-order valence-electron chi connectivity index (χ2n) is 4.29. The number of anilines is 2. The summed E-state index contributed by atoms with van der Waals surface area (Å²) in [5.74, 6) is 0.0858. The van der Waals surface area contributed by atoms with Gasteiger partial charge in [-0.05, 0) is 54.8 Å². The Morgan fingerprint density at radius 1 is 1.25 bits per heavy atom. The van der Waals surface area contributed by atoms with Crippen LogP contribution < -0.4 is 10.5 Å². The van der Waals surface area contributed by atoms with Crippen LogP contribution in [0.15, 0.2) is 29.3 Å². The van der Waals surface area contributed by atoms with Crippen LogP contribution in [-0.4, -0.2) is 18.4 Å². The first-order valence-electron chi connectivity index (χ1n) is 5.67. The molecule has 0 spiro atoms. The minimum Gasteiger partial charge on any atom is -0.398 e. The van der Waals surface area contributed by atoms with Gasteiger partial charge < -0.3 is 5.73 Å². The molecule has 0 aliphatic rings. The maximum atomic E-state index is 12.3. The molecule has 0 bridgehead atoms. The van der Waals surface area contributed by atoms with Crippen molar-refractivity contribution in [3.05, 3.63) is 40.8 Å². The number of aromatic nitrogens is 2. The molecule has 0 saturated carbocycles. The van der Waals surface area contributed by atoms with Crippen LogP contribution in [0.4, 0.5) is 11.5 Å². The molecule has 0 saturated heterocycles. The number of aryl methyl sites for hydroxylation is 2. The van der Waals surface area contributed by atoms with Crippen molar-refractivity contribution in [3.63, 3.8) is 0 Å². The van der Waals surface area contributed by atoms with Crippen LogP contribution in [0.3, 0.4) is 0 Å². The Morgan fingerprint density at radius 3 is 2.55 bits per heavy atom. The quantitative estimate of drug-likeness (QED) is 0.668. The first-order valence-corrected chi connectivity index (χ1v) is 7.54. The van der Waals surface area contributed by atoms with Crippen molar-refractivity contribution < 1.29 is 8.42 Å². The summed E-state index contributed by atoms with van der Waals surface area (Å²) in [6, 6.07) is 4.55. The fourth-order valence-electron chi connectivity index (χ4n) is 1.63. The van der Waals surface area contributed by atoms with E-state index in [-0.39, 0.29) is 21.7 Å². The van der Waals surface area contributed by atoms with Crippen molar-refractivity contribution in [1.82, 2.24) is 9.97 Å². The van der Waals surface area contributed by atoms with E-state index >= 15 is 0 Å². The van der Waals surface area contributed by atoms with E-state index < -0.39 is 10.0 Å². The molecule has 0 aliphatic heterocycles. The number of sulfonamides is 1. The molecule has 0 fully saturated rings. The third kappa shape index (κ3) is 3.00. The van der Waals surface area contributed by atoms with Crippen LogP contribution in [0.5, 0.6) is 0 Å². The maximum Gasteiger partial charge on any atom is 0.265 e. The van der Waals surface area contributed by atoms with Gasteiger partial charge in [-0.15, -0.1) is 0 Å². The van der Waals surface area contributed by atoms with E-state index in [1.54, 1.807) is 6.07 Å². The monoisotopic (exact) mass is 312 g/mol. The highest BCUT2D eigenvalue weighted by Gasteiger charge is 2.19. The molecule has 1 aromatic carbocycles. The summed E-state index contributed by atoms with van der Waals surface area (Å²) in [5, 5.41) is -0.0433. The van der Waals surface area contributed by atoms with Crippen molar-refractivity contribution in [2.24, 2.45) is 0 Å². The second kappa shape index (κ2) is 5.26. The molecular formula is C12H13ClN4O2S. The average molecular weight is 313 g/mol. The lowest BCUT2D eigenvalue weighted by atomic mass is 10.1. The molecule has 0 amide bonds. The fourth-order valence-corrected chi connectivity index (χ4v) is 2.98. The third-order valence-corrected chi connectivity index (χ3v) is 4.37. The van der Waals surface area contributed by atoms with E-state index in [0.29, 0.717) is 0 Å². The molecule has 8 heteroatoms. The number of hydrogen-bond acceptors (Lipinski definition) is 5. The van der Waals surface area contributed by atoms with Crippen molar-refractivity contribution in [2.45, 2.75) is 18.7 Å². The van der Waals surface area contributed by atoms with Gasteiger partial charge in [-0.1, -0.05) is 0 Å². The zero-order valence-corrected chi connectivity index (χ0v) is 12.5. The number of rotatable bonds is 3. The van der Waals surface area contributed by atoms with Gasteiger partial charge in [-0.25, -0.2) is 13.4 Å². The highest BCUT2D eigenvalue weighted by molar-refractivity contribution is 7.92. The van der Waals surface area contributed by atoms with E-state index in [4.69, 9.17) is 17.3 Å². The topological polar surface area (TPSA) is 98.0 Å². The molecule has 1 aromatic heterocycles. The van der Waals surface area contributed by atoms with Crippen LogP contribution in [0.1, 0.15) is 11.1 Å². The van der Waals surface area contributed by atoms with Gasteiger partial charge in [0.15, 0.2) is 0 Å². The molecular weight excluding hydrogens is 300 g/mol. The van der Waals surface area contributed by atoms with Gasteiger partial charge in [-0.3, -0.25) is 4.72 Å². The Morgan fingerprint density at radius 2 is 1.90 bits per heavy atom. The Balaban J connectivity index is 2.43. The number of hydrogen-bond donors (Lipinski definition) is 2. The zero-order valence-electron chi connectivity index (χ0n) is 10.9. The Labute approximate surface area is 122 Å². The summed E-state index contributed by atoms with van der Waals surface area (Å²) in [4.78, 5) is 7.47. The number of nitrogens with zero attached hydrogens (tertiary/aromatic N) is 2. The smallest absolute Gasteiger partial charge is 0.265 e. The van der Waals surface area contributed by atoms with Crippen LogP contribution in [0, 0.1) is 13.8 Å². The van der Waals surface area contributed by atoms with E-state index in [1.807, 2.05) is 13.8 Å². The first-order chi connectivity index (χ1) is 9.29. The fraction of sp³-hybridized carbons (Fsp3) is 0.167. The largest absolute Gasteiger partial charge is 0.398 e. The maximum absolute atomic E-state index is 12.3. The summed E-state index contributed by atoms with van der Waals surface area (Å²) < 4.78 is 26.9. The molecule has 1 heterocycles. The lowest BCUT2D eigenvalue weighted by Crippen LogP contribution is -2.16. The van der Waals surface area contributed by atoms with Gasteiger partial charge in [-0.2, -0.15) is 4.98 Å². The van der Waals surface area contributed by atoms with E-state index in [1.165, 1.54) is 18.3 Å². The molecule has 20 heavy (non-hydrogen) atoms. The predicted molar refractivity (Wildman–Crippen MR) is 78.2 cm³/mol. The highest BCUT2D eigenvalue weighted by Crippen LogP contribution is 2.24. The standard InChI is InChI=1S/C12H13ClN4O2S/c1-7-5-9(14)10(6-8(7)2)20(18,19)17-11-3-4-15-12(13)16-11/h3-6H,14H2,1-2H3,(H,15,16,17). The van der Waals surface area contributed by atoms with Crippen LogP contribution in [0.2, 0.25) is 5.28 Å². The molecule has 0 atom stereocenters. The summed E-state index contributed by atoms with van der Waals surface area (Å²) in [6.07, 6.45) is 1.36. The number of nitrogens with one attached hydrogen (secondary N) is 1. The van der Waals surface area contributed by atoms with Crippen LogP contribution in [-0.2, 0) is 10.0 Å². The molecule has 106 valence electrons. The first kappa shape index (κ1) is 14.5. The lowest BCUT2D eigenvalue weighted by Gasteiger charge is -2.11. The Hall–Kier alpha value is -1.86. The summed E-state index contributed by atoms with van der Waals surface area (Å²) in [6.45, 7) is 3.68. The molecule has 3 N–H and O–H groups in total. The van der Waals surface area contributed by atoms with Crippen molar-refractivity contribution in [1.29, 1.82) is 0 Å². The molecule has 0 unspecified atom stereocenters. The number of halogens is 1. The SMILES string of the molecule is Cc1cc(N)c(S(=O)(=O)Nc2ccnc(Cl)n2)cc1C. The number of benzene rings is 1. The van der Waals surface area contributed by atoms with Crippen LogP contribution >= 0.6 is 11.6 Å². The molecule has 0 aliphatic carbocycles. The number of nitrogen functional groups attached to an aromatic ring is 1.